The molecule has 0 aromatic heterocycles. The molecule has 0 fully saturated rings. The third-order valence-electron chi connectivity index (χ3n) is 4.20. The van der Waals surface area contributed by atoms with E-state index >= 15 is 0 Å². The van der Waals surface area contributed by atoms with Crippen molar-refractivity contribution in [1.29, 1.82) is 0 Å². The van der Waals surface area contributed by atoms with Crippen LogP contribution in [0, 0.1) is 12.7 Å². The van der Waals surface area contributed by atoms with E-state index in [1.165, 1.54) is 5.56 Å². The topological polar surface area (TPSA) is 49.3 Å². The summed E-state index contributed by atoms with van der Waals surface area (Å²) in [5.41, 5.74) is 4.37. The molecule has 0 aliphatic heterocycles. The lowest BCUT2D eigenvalue weighted by molar-refractivity contribution is -0.136. The molecule has 0 spiro atoms. The van der Waals surface area contributed by atoms with Gasteiger partial charge in [-0.15, -0.1) is 0 Å². The summed E-state index contributed by atoms with van der Waals surface area (Å²) < 4.78 is 14.6. The van der Waals surface area contributed by atoms with E-state index in [9.17, 15) is 9.18 Å². The number of rotatable bonds is 7. The highest BCUT2D eigenvalue weighted by Gasteiger charge is 2.16. The number of aryl methyl sites for hydroxylation is 1. The summed E-state index contributed by atoms with van der Waals surface area (Å²) in [7, 11) is 0. The Morgan fingerprint density at radius 1 is 1.32 bits per heavy atom. The number of hydrogen-bond acceptors (Lipinski definition) is 2. The first kappa shape index (κ1) is 19.4. The number of hydrogen-bond donors (Lipinski definition) is 2. The van der Waals surface area contributed by atoms with Gasteiger partial charge in [0, 0.05) is 12.1 Å². The van der Waals surface area contributed by atoms with Crippen molar-refractivity contribution in [3.63, 3.8) is 0 Å². The summed E-state index contributed by atoms with van der Waals surface area (Å²) in [4.78, 5) is 10.6. The summed E-state index contributed by atoms with van der Waals surface area (Å²) in [6.45, 7) is 6.07. The van der Waals surface area contributed by atoms with Gasteiger partial charge < -0.3 is 10.4 Å². The second-order valence-corrected chi connectivity index (χ2v) is 6.91. The molecule has 0 unspecified atom stereocenters. The minimum atomic E-state index is -0.982. The Hall–Kier alpha value is -1.91. The van der Waals surface area contributed by atoms with E-state index in [1.54, 1.807) is 6.07 Å². The van der Waals surface area contributed by atoms with Crippen LogP contribution in [0.1, 0.15) is 47.6 Å². The van der Waals surface area contributed by atoms with Gasteiger partial charge in [-0.1, -0.05) is 55.8 Å². The van der Waals surface area contributed by atoms with Gasteiger partial charge in [-0.05, 0) is 41.5 Å². The third-order valence-corrected chi connectivity index (χ3v) is 4.59. The van der Waals surface area contributed by atoms with E-state index in [0.29, 0.717) is 17.9 Å². The molecule has 0 aliphatic carbocycles. The summed E-state index contributed by atoms with van der Waals surface area (Å²) in [5.74, 6) is -1.04. The molecule has 0 bridgehead atoms. The number of benzene rings is 2. The third kappa shape index (κ3) is 5.03. The van der Waals surface area contributed by atoms with Gasteiger partial charge in [0.05, 0.1) is 11.6 Å². The van der Waals surface area contributed by atoms with Crippen LogP contribution in [0.25, 0.3) is 0 Å². The molecule has 0 heterocycles. The number of carboxylic acids is 1. The predicted molar refractivity (Wildman–Crippen MR) is 98.8 cm³/mol. The molecule has 0 amide bonds. The normalized spacial score (nSPS) is 11.1. The lowest BCUT2D eigenvalue weighted by atomic mass is 9.94. The second kappa shape index (κ2) is 8.45. The first-order valence-corrected chi connectivity index (χ1v) is 8.65. The van der Waals surface area contributed by atoms with Crippen LogP contribution in [0.5, 0.6) is 0 Å². The standard InChI is InChI=1S/C20H23ClFNO2/c1-12(2)15-6-4-5-14(8-15)9-17-13(3)7-16(20(22)19(17)21)10-23-11-18(24)25/h4-8,12,23H,9-11H2,1-3H3,(H,24,25). The molecule has 2 rings (SSSR count). The van der Waals surface area contributed by atoms with Crippen molar-refractivity contribution < 1.29 is 14.3 Å². The molecule has 2 aromatic rings. The molecule has 134 valence electrons. The van der Waals surface area contributed by atoms with Crippen LogP contribution in [0.15, 0.2) is 30.3 Å². The van der Waals surface area contributed by atoms with Crippen molar-refractivity contribution in [2.24, 2.45) is 0 Å². The monoisotopic (exact) mass is 363 g/mol. The van der Waals surface area contributed by atoms with Crippen molar-refractivity contribution in [3.8, 4) is 0 Å². The number of carbonyl (C=O) groups is 1. The summed E-state index contributed by atoms with van der Waals surface area (Å²) in [5, 5.41) is 11.5. The largest absolute Gasteiger partial charge is 0.480 e. The number of carboxylic acid groups (broad SMARTS) is 1. The fourth-order valence-corrected chi connectivity index (χ4v) is 3.11. The Kier molecular flexibility index (Phi) is 6.57. The Balaban J connectivity index is 2.26. The Morgan fingerprint density at radius 3 is 2.68 bits per heavy atom. The van der Waals surface area contributed by atoms with E-state index < -0.39 is 11.8 Å². The number of halogens is 2. The van der Waals surface area contributed by atoms with Gasteiger partial charge in [-0.3, -0.25) is 4.79 Å². The van der Waals surface area contributed by atoms with Crippen molar-refractivity contribution in [2.75, 3.05) is 6.54 Å². The van der Waals surface area contributed by atoms with E-state index in [-0.39, 0.29) is 18.1 Å². The van der Waals surface area contributed by atoms with Crippen molar-refractivity contribution in [2.45, 2.75) is 39.7 Å². The maximum absolute atomic E-state index is 14.6. The molecule has 3 nitrogen and oxygen atoms in total. The van der Waals surface area contributed by atoms with Gasteiger partial charge in [-0.25, -0.2) is 4.39 Å². The van der Waals surface area contributed by atoms with Crippen LogP contribution >= 0.6 is 11.6 Å². The molecule has 25 heavy (non-hydrogen) atoms. The summed E-state index contributed by atoms with van der Waals surface area (Å²) in [6.07, 6.45) is 0.560. The van der Waals surface area contributed by atoms with Crippen LogP contribution < -0.4 is 5.32 Å². The average Bonchev–Trinajstić information content (AvgIpc) is 2.56. The van der Waals surface area contributed by atoms with Gasteiger partial charge in [0.2, 0.25) is 0 Å². The molecule has 0 saturated carbocycles. The molecule has 2 aromatic carbocycles. The summed E-state index contributed by atoms with van der Waals surface area (Å²) in [6, 6.07) is 9.97. The van der Waals surface area contributed by atoms with E-state index in [2.05, 4.69) is 31.3 Å². The molecule has 2 N–H and O–H groups in total. The van der Waals surface area contributed by atoms with Gasteiger partial charge in [0.25, 0.3) is 0 Å². The molecular weight excluding hydrogens is 341 g/mol. The van der Waals surface area contributed by atoms with E-state index in [0.717, 1.165) is 16.7 Å². The summed E-state index contributed by atoms with van der Waals surface area (Å²) >= 11 is 6.28. The Morgan fingerprint density at radius 2 is 2.04 bits per heavy atom. The van der Waals surface area contributed by atoms with Crippen LogP contribution in [0.2, 0.25) is 5.02 Å². The van der Waals surface area contributed by atoms with Crippen LogP contribution in [-0.4, -0.2) is 17.6 Å². The first-order valence-electron chi connectivity index (χ1n) is 8.27. The van der Waals surface area contributed by atoms with E-state index in [4.69, 9.17) is 16.7 Å². The highest BCUT2D eigenvalue weighted by atomic mass is 35.5. The predicted octanol–water partition coefficient (Wildman–Crippen LogP) is 4.68. The molecule has 5 heteroatoms. The molecule has 0 radical (unpaired) electrons. The Labute approximate surface area is 152 Å². The van der Waals surface area contributed by atoms with Crippen molar-refractivity contribution >= 4 is 17.6 Å². The van der Waals surface area contributed by atoms with Gasteiger partial charge in [-0.2, -0.15) is 0 Å². The number of aliphatic carboxylic acids is 1. The van der Waals surface area contributed by atoms with Gasteiger partial charge in [0.15, 0.2) is 0 Å². The van der Waals surface area contributed by atoms with E-state index in [1.807, 2.05) is 19.1 Å². The zero-order valence-corrected chi connectivity index (χ0v) is 15.5. The fourth-order valence-electron chi connectivity index (χ4n) is 2.77. The number of nitrogens with one attached hydrogen (secondary N) is 1. The van der Waals surface area contributed by atoms with Crippen LogP contribution in [0.4, 0.5) is 4.39 Å². The van der Waals surface area contributed by atoms with Crippen molar-refractivity contribution in [3.05, 3.63) is 69.0 Å². The molecule has 0 atom stereocenters. The van der Waals surface area contributed by atoms with Crippen LogP contribution in [-0.2, 0) is 17.8 Å². The highest BCUT2D eigenvalue weighted by molar-refractivity contribution is 6.31. The smallest absolute Gasteiger partial charge is 0.317 e. The lowest BCUT2D eigenvalue weighted by Crippen LogP contribution is -2.22. The van der Waals surface area contributed by atoms with Crippen molar-refractivity contribution in [1.82, 2.24) is 5.32 Å². The fraction of sp³-hybridized carbons (Fsp3) is 0.350. The van der Waals surface area contributed by atoms with Crippen LogP contribution in [0.3, 0.4) is 0 Å². The minimum Gasteiger partial charge on any atom is -0.480 e. The maximum atomic E-state index is 14.6. The zero-order valence-electron chi connectivity index (χ0n) is 14.7. The van der Waals surface area contributed by atoms with Gasteiger partial charge >= 0.3 is 5.97 Å². The maximum Gasteiger partial charge on any atom is 0.317 e. The highest BCUT2D eigenvalue weighted by Crippen LogP contribution is 2.29. The lowest BCUT2D eigenvalue weighted by Gasteiger charge is -2.15. The average molecular weight is 364 g/mol. The first-order chi connectivity index (χ1) is 11.8. The SMILES string of the molecule is Cc1cc(CNCC(=O)O)c(F)c(Cl)c1Cc1cccc(C(C)C)c1. The zero-order chi connectivity index (χ0) is 18.6. The molecule has 0 saturated heterocycles. The second-order valence-electron chi connectivity index (χ2n) is 6.53. The molecule has 0 aliphatic rings. The minimum absolute atomic E-state index is 0.113. The van der Waals surface area contributed by atoms with Gasteiger partial charge in [0.1, 0.15) is 5.82 Å². The Bertz CT molecular complexity index is 775. The quantitative estimate of drug-likeness (QED) is 0.751. The molecular formula is C20H23ClFNO2.